The van der Waals surface area contributed by atoms with Gasteiger partial charge in [-0.2, -0.15) is 0 Å². The lowest BCUT2D eigenvalue weighted by atomic mass is 10.1. The average molecular weight is 377 g/mol. The Kier molecular flexibility index (Phi) is 8.06. The lowest BCUT2D eigenvalue weighted by molar-refractivity contribution is -0.121. The molecule has 1 saturated heterocycles. The molecule has 1 aromatic rings. The Hall–Kier alpha value is -2.12. The fraction of sp³-hybridized carbons (Fsp3) is 0.600. The summed E-state index contributed by atoms with van der Waals surface area (Å²) in [5.41, 5.74) is 2.40. The van der Waals surface area contributed by atoms with E-state index in [1.807, 2.05) is 19.9 Å². The molecule has 0 unspecified atom stereocenters. The molecule has 27 heavy (non-hydrogen) atoms. The number of benzene rings is 1. The molecule has 1 aromatic carbocycles. The molecular formula is C20H32N4O3. The van der Waals surface area contributed by atoms with E-state index >= 15 is 0 Å². The van der Waals surface area contributed by atoms with Crippen LogP contribution in [0.15, 0.2) is 18.2 Å². The minimum absolute atomic E-state index is 0.0555. The van der Waals surface area contributed by atoms with Crippen LogP contribution >= 0.6 is 0 Å². The third-order valence-corrected chi connectivity index (χ3v) is 4.90. The third-order valence-electron chi connectivity index (χ3n) is 4.90. The number of methoxy groups -OCH3 is 1. The number of piperazine rings is 1. The summed E-state index contributed by atoms with van der Waals surface area (Å²) in [6, 6.07) is 5.86. The number of urea groups is 1. The zero-order chi connectivity index (χ0) is 19.8. The first-order valence-corrected chi connectivity index (χ1v) is 9.59. The lowest BCUT2D eigenvalue weighted by Crippen LogP contribution is -2.51. The van der Waals surface area contributed by atoms with Crippen molar-refractivity contribution < 1.29 is 14.3 Å². The Morgan fingerprint density at radius 2 is 1.85 bits per heavy atom. The smallest absolute Gasteiger partial charge is 0.321 e. The Morgan fingerprint density at radius 1 is 1.19 bits per heavy atom. The molecule has 0 aromatic heterocycles. The van der Waals surface area contributed by atoms with E-state index in [1.54, 1.807) is 7.11 Å². The van der Waals surface area contributed by atoms with E-state index in [9.17, 15) is 9.59 Å². The summed E-state index contributed by atoms with van der Waals surface area (Å²) < 4.78 is 5.46. The van der Waals surface area contributed by atoms with Crippen molar-refractivity contribution in [2.75, 3.05) is 39.8 Å². The highest BCUT2D eigenvalue weighted by molar-refractivity contribution is 5.95. The van der Waals surface area contributed by atoms with Crippen LogP contribution in [0, 0.1) is 6.92 Å². The molecule has 0 aliphatic carbocycles. The van der Waals surface area contributed by atoms with Gasteiger partial charge in [-0.25, -0.2) is 4.79 Å². The third kappa shape index (κ3) is 6.84. The van der Waals surface area contributed by atoms with Crippen LogP contribution in [0.2, 0.25) is 0 Å². The first kappa shape index (κ1) is 21.2. The molecule has 1 heterocycles. The molecule has 2 N–H and O–H groups in total. The molecule has 0 spiro atoms. The van der Waals surface area contributed by atoms with Crippen LogP contribution in [0.1, 0.15) is 31.4 Å². The number of rotatable bonds is 7. The fourth-order valence-electron chi connectivity index (χ4n) is 3.11. The maximum atomic E-state index is 12.0. The van der Waals surface area contributed by atoms with Crippen molar-refractivity contribution in [1.82, 2.24) is 20.4 Å². The van der Waals surface area contributed by atoms with Crippen molar-refractivity contribution >= 4 is 11.9 Å². The first-order valence-electron chi connectivity index (χ1n) is 9.59. The van der Waals surface area contributed by atoms with Crippen molar-refractivity contribution in [3.8, 4) is 5.75 Å². The molecule has 2 rings (SSSR count). The molecule has 150 valence electrons. The maximum Gasteiger partial charge on any atom is 0.321 e. The van der Waals surface area contributed by atoms with Crippen molar-refractivity contribution in [3.05, 3.63) is 29.3 Å². The van der Waals surface area contributed by atoms with E-state index in [0.29, 0.717) is 0 Å². The second-order valence-corrected chi connectivity index (χ2v) is 7.20. The Bertz CT molecular complexity index is 642. The van der Waals surface area contributed by atoms with Gasteiger partial charge in [0.05, 0.1) is 13.7 Å². The van der Waals surface area contributed by atoms with Crippen molar-refractivity contribution in [2.45, 2.75) is 39.8 Å². The summed E-state index contributed by atoms with van der Waals surface area (Å²) in [7, 11) is 1.70. The number of carbonyl (C=O) groups is 2. The summed E-state index contributed by atoms with van der Waals surface area (Å²) in [5.74, 6) is 0.652. The minimum atomic E-state index is -0.417. The zero-order valence-corrected chi connectivity index (χ0v) is 16.9. The normalized spacial score (nSPS) is 16.6. The van der Waals surface area contributed by atoms with Gasteiger partial charge in [-0.15, -0.1) is 0 Å². The Morgan fingerprint density at radius 3 is 2.48 bits per heavy atom. The molecule has 0 saturated carbocycles. The van der Waals surface area contributed by atoms with E-state index < -0.39 is 6.03 Å². The fourth-order valence-corrected chi connectivity index (χ4v) is 3.11. The van der Waals surface area contributed by atoms with Gasteiger partial charge in [-0.05, 0) is 26.3 Å². The topological polar surface area (TPSA) is 73.9 Å². The van der Waals surface area contributed by atoms with Crippen LogP contribution < -0.4 is 15.4 Å². The van der Waals surface area contributed by atoms with Crippen LogP contribution in [0.3, 0.4) is 0 Å². The highest BCUT2D eigenvalue weighted by atomic mass is 16.5. The molecule has 3 amide bonds. The minimum Gasteiger partial charge on any atom is -0.496 e. The molecule has 1 aliphatic rings. The number of ether oxygens (including phenoxy) is 1. The molecule has 0 radical (unpaired) electrons. The van der Waals surface area contributed by atoms with Crippen LogP contribution in [0.5, 0.6) is 5.75 Å². The summed E-state index contributed by atoms with van der Waals surface area (Å²) in [6.07, 6.45) is 0.829. The molecule has 0 bridgehead atoms. The lowest BCUT2D eigenvalue weighted by Gasteiger charge is -2.34. The second-order valence-electron chi connectivity index (χ2n) is 7.20. The predicted molar refractivity (Wildman–Crippen MR) is 106 cm³/mol. The van der Waals surface area contributed by atoms with Crippen LogP contribution in [-0.2, 0) is 11.3 Å². The van der Waals surface area contributed by atoms with Crippen LogP contribution in [-0.4, -0.2) is 67.6 Å². The van der Waals surface area contributed by atoms with E-state index in [4.69, 9.17) is 4.74 Å². The highest BCUT2D eigenvalue weighted by Crippen LogP contribution is 2.21. The number of hydrogen-bond donors (Lipinski definition) is 2. The number of carbonyl (C=O) groups excluding carboxylic acids is 2. The molecule has 1 aliphatic heterocycles. The Balaban J connectivity index is 1.76. The molecule has 7 heteroatoms. The molecule has 7 nitrogen and oxygen atoms in total. The number of hydrogen-bond acceptors (Lipinski definition) is 5. The van der Waals surface area contributed by atoms with E-state index in [-0.39, 0.29) is 18.5 Å². The largest absolute Gasteiger partial charge is 0.496 e. The summed E-state index contributed by atoms with van der Waals surface area (Å²) in [4.78, 5) is 28.2. The number of aryl methyl sites for hydroxylation is 1. The monoisotopic (exact) mass is 376 g/mol. The number of nitrogens with zero attached hydrogens (tertiary/aromatic N) is 2. The van der Waals surface area contributed by atoms with Crippen LogP contribution in [0.4, 0.5) is 4.79 Å². The van der Waals surface area contributed by atoms with Crippen molar-refractivity contribution in [3.63, 3.8) is 0 Å². The van der Waals surface area contributed by atoms with Gasteiger partial charge in [0.15, 0.2) is 0 Å². The molecule has 1 fully saturated rings. The summed E-state index contributed by atoms with van der Waals surface area (Å²) >= 11 is 0. The van der Waals surface area contributed by atoms with Gasteiger partial charge < -0.3 is 10.1 Å². The average Bonchev–Trinajstić information content (AvgIpc) is 2.63. The van der Waals surface area contributed by atoms with Gasteiger partial charge in [0.2, 0.25) is 5.91 Å². The molecule has 1 atom stereocenters. The number of amides is 3. The molecular weight excluding hydrogens is 344 g/mol. The van der Waals surface area contributed by atoms with Crippen molar-refractivity contribution in [2.24, 2.45) is 0 Å². The quantitative estimate of drug-likeness (QED) is 0.758. The van der Waals surface area contributed by atoms with Gasteiger partial charge in [-0.1, -0.05) is 24.6 Å². The number of imide groups is 1. The number of nitrogens with one attached hydrogen (secondary N) is 2. The highest BCUT2D eigenvalue weighted by Gasteiger charge is 2.21. The predicted octanol–water partition coefficient (Wildman–Crippen LogP) is 1.75. The SMILES string of the molecule is CC[C@@H](C)NC(=O)NC(=O)CN1CCN(Cc2cc(C)ccc2OC)CC1. The Labute approximate surface area is 162 Å². The van der Waals surface area contributed by atoms with Crippen molar-refractivity contribution in [1.29, 1.82) is 0 Å². The zero-order valence-electron chi connectivity index (χ0n) is 16.9. The van der Waals surface area contributed by atoms with Gasteiger partial charge in [0, 0.05) is 44.3 Å². The van der Waals surface area contributed by atoms with E-state index in [1.165, 1.54) is 11.1 Å². The van der Waals surface area contributed by atoms with E-state index in [0.717, 1.165) is 44.9 Å². The maximum absolute atomic E-state index is 12.0. The second kappa shape index (κ2) is 10.3. The van der Waals surface area contributed by atoms with Gasteiger partial charge >= 0.3 is 6.03 Å². The van der Waals surface area contributed by atoms with Crippen LogP contribution in [0.25, 0.3) is 0 Å². The first-order chi connectivity index (χ1) is 12.9. The van der Waals surface area contributed by atoms with E-state index in [2.05, 4.69) is 39.5 Å². The summed E-state index contributed by atoms with van der Waals surface area (Å²) in [6.45, 7) is 10.4. The standard InChI is InChI=1S/C20H32N4O3/c1-5-16(3)21-20(26)22-19(25)14-24-10-8-23(9-11-24)13-17-12-15(2)6-7-18(17)27-4/h6-7,12,16H,5,8-11,13-14H2,1-4H3,(H2,21,22,25,26)/t16-/m1/s1. The van der Waals surface area contributed by atoms with Gasteiger partial charge in [0.25, 0.3) is 0 Å². The van der Waals surface area contributed by atoms with Gasteiger partial charge in [-0.3, -0.25) is 19.9 Å². The summed E-state index contributed by atoms with van der Waals surface area (Å²) in [5, 5.41) is 5.14. The van der Waals surface area contributed by atoms with Gasteiger partial charge in [0.1, 0.15) is 5.75 Å².